The summed E-state index contributed by atoms with van der Waals surface area (Å²) >= 11 is 0. The molecule has 0 unspecified atom stereocenters. The molecule has 3 atom stereocenters. The standard InChI is InChI=1S/C22H30N2O3.CH2O2/c1-2-27-21(26)22(15-17-7-4-3-5-8-17)16-18-10-11-19(22)24(18)14-13-23-12-6-9-20(23)25;2-1-3/h3-5,7-8,18-19H,2,6,9-16H2,1H3;1H,(H,2,3)/t18-,19+,22+;/m1./s1. The Balaban J connectivity index is 0.000000806. The van der Waals surface area contributed by atoms with Gasteiger partial charge in [-0.15, -0.1) is 0 Å². The summed E-state index contributed by atoms with van der Waals surface area (Å²) in [5, 5.41) is 6.89. The minimum atomic E-state index is -0.449. The van der Waals surface area contributed by atoms with Crippen LogP contribution in [-0.2, 0) is 25.5 Å². The van der Waals surface area contributed by atoms with Crippen LogP contribution in [0.2, 0.25) is 0 Å². The highest BCUT2D eigenvalue weighted by molar-refractivity contribution is 5.79. The smallest absolute Gasteiger partial charge is 0.314 e. The van der Waals surface area contributed by atoms with Crippen LogP contribution in [0.3, 0.4) is 0 Å². The van der Waals surface area contributed by atoms with E-state index in [9.17, 15) is 9.59 Å². The number of benzene rings is 1. The van der Waals surface area contributed by atoms with Crippen molar-refractivity contribution in [1.82, 2.24) is 9.80 Å². The van der Waals surface area contributed by atoms with E-state index in [2.05, 4.69) is 17.0 Å². The molecule has 4 rings (SSSR count). The van der Waals surface area contributed by atoms with Crippen molar-refractivity contribution < 1.29 is 24.2 Å². The molecule has 3 aliphatic rings. The molecular formula is C23H32N2O5. The molecule has 3 aliphatic heterocycles. The highest BCUT2D eigenvalue weighted by Crippen LogP contribution is 2.52. The number of esters is 1. The van der Waals surface area contributed by atoms with Crippen molar-refractivity contribution in [3.8, 4) is 0 Å². The Morgan fingerprint density at radius 3 is 2.63 bits per heavy atom. The molecule has 0 aliphatic carbocycles. The van der Waals surface area contributed by atoms with Crippen LogP contribution < -0.4 is 0 Å². The number of ether oxygens (including phenoxy) is 1. The molecule has 0 aromatic heterocycles. The van der Waals surface area contributed by atoms with Gasteiger partial charge in [-0.2, -0.15) is 0 Å². The fraction of sp³-hybridized carbons (Fsp3) is 0.609. The number of hydrogen-bond donors (Lipinski definition) is 1. The lowest BCUT2D eigenvalue weighted by Gasteiger charge is -2.36. The summed E-state index contributed by atoms with van der Waals surface area (Å²) in [6.07, 6.45) is 5.48. The SMILES string of the molecule is CCOC(=O)[C@@]1(Cc2ccccc2)C[C@H]2CC[C@@H]1N2CCN1CCCC1=O.O=CO. The number of carbonyl (C=O) groups is 3. The molecule has 3 heterocycles. The van der Waals surface area contributed by atoms with Gasteiger partial charge in [0, 0.05) is 38.1 Å². The predicted octanol–water partition coefficient (Wildman–Crippen LogP) is 2.34. The highest BCUT2D eigenvalue weighted by Gasteiger charge is 2.60. The summed E-state index contributed by atoms with van der Waals surface area (Å²) in [5.41, 5.74) is 0.753. The first kappa shape index (κ1) is 22.3. The number of rotatable bonds is 7. The first-order valence-electron chi connectivity index (χ1n) is 10.9. The number of nitrogens with zero attached hydrogens (tertiary/aromatic N) is 2. The van der Waals surface area contributed by atoms with Crippen LogP contribution in [-0.4, -0.2) is 71.6 Å². The second-order valence-electron chi connectivity index (χ2n) is 8.32. The van der Waals surface area contributed by atoms with Crippen molar-refractivity contribution in [2.45, 2.75) is 57.5 Å². The predicted molar refractivity (Wildman–Crippen MR) is 112 cm³/mol. The molecule has 164 valence electrons. The van der Waals surface area contributed by atoms with Gasteiger partial charge in [-0.25, -0.2) is 0 Å². The number of likely N-dealkylation sites (tertiary alicyclic amines) is 1. The van der Waals surface area contributed by atoms with Crippen molar-refractivity contribution in [1.29, 1.82) is 0 Å². The number of amides is 1. The normalized spacial score (nSPS) is 27.6. The van der Waals surface area contributed by atoms with Gasteiger partial charge in [-0.05, 0) is 44.6 Å². The zero-order valence-electron chi connectivity index (χ0n) is 17.7. The molecular weight excluding hydrogens is 384 g/mol. The van der Waals surface area contributed by atoms with Gasteiger partial charge >= 0.3 is 5.97 Å². The van der Waals surface area contributed by atoms with E-state index in [4.69, 9.17) is 14.6 Å². The highest BCUT2D eigenvalue weighted by atomic mass is 16.5. The Kier molecular flexibility index (Phi) is 7.48. The molecule has 2 bridgehead atoms. The van der Waals surface area contributed by atoms with E-state index in [1.165, 1.54) is 5.56 Å². The molecule has 7 nitrogen and oxygen atoms in total. The van der Waals surface area contributed by atoms with Gasteiger partial charge < -0.3 is 14.7 Å². The molecule has 1 N–H and O–H groups in total. The maximum atomic E-state index is 13.1. The van der Waals surface area contributed by atoms with E-state index < -0.39 is 5.41 Å². The topological polar surface area (TPSA) is 87.2 Å². The Bertz CT molecular complexity index is 740. The minimum Gasteiger partial charge on any atom is -0.483 e. The molecule has 1 aromatic carbocycles. The summed E-state index contributed by atoms with van der Waals surface area (Å²) in [6.45, 7) is 4.61. The second kappa shape index (κ2) is 10.1. The molecule has 7 heteroatoms. The molecule has 3 fully saturated rings. The number of fused-ring (bicyclic) bond motifs is 2. The van der Waals surface area contributed by atoms with Crippen molar-refractivity contribution >= 4 is 18.3 Å². The third kappa shape index (κ3) is 4.51. The fourth-order valence-electron chi connectivity index (χ4n) is 5.54. The summed E-state index contributed by atoms with van der Waals surface area (Å²) in [7, 11) is 0. The second-order valence-corrected chi connectivity index (χ2v) is 8.32. The molecule has 30 heavy (non-hydrogen) atoms. The zero-order valence-corrected chi connectivity index (χ0v) is 17.7. The van der Waals surface area contributed by atoms with Crippen LogP contribution in [0.25, 0.3) is 0 Å². The van der Waals surface area contributed by atoms with Crippen molar-refractivity contribution in [3.63, 3.8) is 0 Å². The van der Waals surface area contributed by atoms with Crippen molar-refractivity contribution in [2.75, 3.05) is 26.2 Å². The maximum absolute atomic E-state index is 13.1. The average Bonchev–Trinajstić information content (AvgIpc) is 3.41. The molecule has 0 saturated carbocycles. The van der Waals surface area contributed by atoms with E-state index in [-0.39, 0.29) is 24.4 Å². The van der Waals surface area contributed by atoms with Gasteiger partial charge in [-0.1, -0.05) is 30.3 Å². The van der Waals surface area contributed by atoms with Crippen LogP contribution in [0.5, 0.6) is 0 Å². The summed E-state index contributed by atoms with van der Waals surface area (Å²) < 4.78 is 5.57. The summed E-state index contributed by atoms with van der Waals surface area (Å²) in [6, 6.07) is 11.0. The lowest BCUT2D eigenvalue weighted by molar-refractivity contribution is -0.157. The largest absolute Gasteiger partial charge is 0.483 e. The lowest BCUT2D eigenvalue weighted by atomic mass is 9.70. The third-order valence-corrected chi connectivity index (χ3v) is 6.72. The lowest BCUT2D eigenvalue weighted by Crippen LogP contribution is -2.47. The van der Waals surface area contributed by atoms with Gasteiger partial charge in [0.2, 0.25) is 5.91 Å². The van der Waals surface area contributed by atoms with E-state index in [1.54, 1.807) is 0 Å². The van der Waals surface area contributed by atoms with Crippen LogP contribution in [0.15, 0.2) is 30.3 Å². The van der Waals surface area contributed by atoms with Gasteiger partial charge in [0.15, 0.2) is 0 Å². The number of carbonyl (C=O) groups excluding carboxylic acids is 2. The molecule has 1 amide bonds. The third-order valence-electron chi connectivity index (χ3n) is 6.72. The summed E-state index contributed by atoms with van der Waals surface area (Å²) in [5.74, 6) is 0.241. The van der Waals surface area contributed by atoms with E-state index >= 15 is 0 Å². The van der Waals surface area contributed by atoms with Crippen molar-refractivity contribution in [3.05, 3.63) is 35.9 Å². The molecule has 0 radical (unpaired) electrons. The van der Waals surface area contributed by atoms with Gasteiger partial charge in [0.25, 0.3) is 6.47 Å². The number of carboxylic acid groups (broad SMARTS) is 1. The van der Waals surface area contributed by atoms with Crippen LogP contribution in [0.4, 0.5) is 0 Å². The quantitative estimate of drug-likeness (QED) is 0.542. The van der Waals surface area contributed by atoms with Crippen LogP contribution in [0.1, 0.15) is 44.6 Å². The minimum absolute atomic E-state index is 0.0386. The monoisotopic (exact) mass is 416 g/mol. The van der Waals surface area contributed by atoms with E-state index in [0.29, 0.717) is 19.1 Å². The first-order chi connectivity index (χ1) is 14.6. The van der Waals surface area contributed by atoms with E-state index in [0.717, 1.165) is 51.7 Å². The van der Waals surface area contributed by atoms with Gasteiger partial charge in [0.1, 0.15) is 0 Å². The Labute approximate surface area is 178 Å². The Morgan fingerprint density at radius 1 is 1.27 bits per heavy atom. The Morgan fingerprint density at radius 2 is 2.00 bits per heavy atom. The number of hydrogen-bond acceptors (Lipinski definition) is 5. The van der Waals surface area contributed by atoms with Crippen LogP contribution >= 0.6 is 0 Å². The van der Waals surface area contributed by atoms with Gasteiger partial charge in [0.05, 0.1) is 12.0 Å². The average molecular weight is 417 g/mol. The zero-order chi connectivity index (χ0) is 21.6. The molecule has 3 saturated heterocycles. The molecule has 1 aromatic rings. The maximum Gasteiger partial charge on any atom is 0.314 e. The first-order valence-corrected chi connectivity index (χ1v) is 10.9. The Hall–Kier alpha value is -2.41. The summed E-state index contributed by atoms with van der Waals surface area (Å²) in [4.78, 5) is 37.9. The van der Waals surface area contributed by atoms with Crippen molar-refractivity contribution in [2.24, 2.45) is 5.41 Å². The van der Waals surface area contributed by atoms with E-state index in [1.807, 2.05) is 30.0 Å². The fourth-order valence-corrected chi connectivity index (χ4v) is 5.54. The van der Waals surface area contributed by atoms with Gasteiger partial charge in [-0.3, -0.25) is 19.3 Å². The van der Waals surface area contributed by atoms with Crippen LogP contribution in [0, 0.1) is 5.41 Å². The molecule has 0 spiro atoms.